The van der Waals surface area contributed by atoms with Crippen LogP contribution in [-0.4, -0.2) is 11.3 Å². The first-order chi connectivity index (χ1) is 12.7. The fraction of sp³-hybridized carbons (Fsp3) is 0.348. The summed E-state index contributed by atoms with van der Waals surface area (Å²) < 4.78 is 1.90. The van der Waals surface area contributed by atoms with Crippen LogP contribution in [0, 0.1) is 18.9 Å². The number of aryl methyl sites for hydroxylation is 2. The van der Waals surface area contributed by atoms with Gasteiger partial charge >= 0.3 is 0 Å². The second-order valence-corrected chi connectivity index (χ2v) is 7.14. The average Bonchev–Trinajstić information content (AvgIpc) is 2.68. The van der Waals surface area contributed by atoms with Gasteiger partial charge < -0.3 is 4.99 Å². The minimum absolute atomic E-state index is 0. The molecule has 1 aromatic heterocycles. The number of aliphatic imine (C=N–C) groups is 1. The van der Waals surface area contributed by atoms with E-state index in [9.17, 15) is 0 Å². The molecule has 135 valence electrons. The van der Waals surface area contributed by atoms with Crippen molar-refractivity contribution < 1.29 is 37.4 Å². The molecule has 0 aliphatic heterocycles. The monoisotopic (exact) mass is 431 g/mol. The number of hydrogen-bond donors (Lipinski definition) is 0. The fourth-order valence-electron chi connectivity index (χ4n) is 3.91. The molecule has 0 spiro atoms. The number of rotatable bonds is 3. The van der Waals surface area contributed by atoms with Gasteiger partial charge in [-0.05, 0) is 40.1 Å². The van der Waals surface area contributed by atoms with Crippen LogP contribution in [0.1, 0.15) is 37.7 Å². The molecule has 27 heavy (non-hydrogen) atoms. The quantitative estimate of drug-likeness (QED) is 0.326. The standard InChI is InChI=1S/C23H24N3.Y/c1-17-20-11-7-6-10-19(20)12-13-21(17)23-22(14-15-25-26(23)2)24-16-18-8-4-3-5-9-18;/h6-7,10-13,15,18H,3-5,8-9H2,1-2H3;/q-1;. The van der Waals surface area contributed by atoms with Crippen LogP contribution in [0.5, 0.6) is 0 Å². The average molecular weight is 431 g/mol. The molecule has 0 unspecified atom stereocenters. The summed E-state index contributed by atoms with van der Waals surface area (Å²) in [6.45, 7) is 2.17. The predicted octanol–water partition coefficient (Wildman–Crippen LogP) is 4.99. The summed E-state index contributed by atoms with van der Waals surface area (Å²) in [6, 6.07) is 16.1. The molecule has 0 atom stereocenters. The summed E-state index contributed by atoms with van der Waals surface area (Å²) in [7, 11) is 1.97. The molecule has 1 aliphatic rings. The molecule has 2 aromatic carbocycles. The molecule has 3 nitrogen and oxygen atoms in total. The Morgan fingerprint density at radius 3 is 2.70 bits per heavy atom. The summed E-state index contributed by atoms with van der Waals surface area (Å²) in [4.78, 5) is 4.72. The van der Waals surface area contributed by atoms with Crippen molar-refractivity contribution in [3.63, 3.8) is 0 Å². The maximum Gasteiger partial charge on any atom is 0.145 e. The molecule has 4 rings (SSSR count). The van der Waals surface area contributed by atoms with Crippen LogP contribution in [0.25, 0.3) is 22.0 Å². The second-order valence-electron chi connectivity index (χ2n) is 7.14. The molecule has 1 saturated carbocycles. The van der Waals surface area contributed by atoms with Gasteiger partial charge in [0.1, 0.15) is 7.05 Å². The van der Waals surface area contributed by atoms with Crippen LogP contribution in [0.15, 0.2) is 47.6 Å². The van der Waals surface area contributed by atoms with Crippen molar-refractivity contribution in [1.82, 2.24) is 5.10 Å². The van der Waals surface area contributed by atoms with Gasteiger partial charge in [-0.3, -0.25) is 6.07 Å². The Kier molecular flexibility index (Phi) is 6.89. The van der Waals surface area contributed by atoms with E-state index in [1.54, 1.807) is 6.20 Å². The molecule has 3 aromatic rings. The van der Waals surface area contributed by atoms with Crippen molar-refractivity contribution in [3.8, 4) is 11.3 Å². The SMILES string of the molecule is Cc1c(-c2c(N=[C-]C3CCCCC3)[c-]cn[n+]2C)ccc2ccccc12.[Y]. The topological polar surface area (TPSA) is 29.1 Å². The molecule has 1 radical (unpaired) electrons. The smallest absolute Gasteiger partial charge is 0.145 e. The normalized spacial score (nSPS) is 15.2. The maximum atomic E-state index is 4.72. The van der Waals surface area contributed by atoms with Crippen LogP contribution in [0.3, 0.4) is 0 Å². The fourth-order valence-corrected chi connectivity index (χ4v) is 3.91. The first-order valence-corrected chi connectivity index (χ1v) is 9.46. The van der Waals surface area contributed by atoms with Crippen molar-refractivity contribution in [2.24, 2.45) is 18.0 Å². The van der Waals surface area contributed by atoms with Crippen molar-refractivity contribution >= 4 is 22.7 Å². The summed E-state index contributed by atoms with van der Waals surface area (Å²) >= 11 is 0. The number of aromatic nitrogens is 2. The molecule has 0 saturated heterocycles. The van der Waals surface area contributed by atoms with Crippen molar-refractivity contribution in [2.75, 3.05) is 0 Å². The number of fused-ring (bicyclic) bond motifs is 1. The predicted molar refractivity (Wildman–Crippen MR) is 106 cm³/mol. The van der Waals surface area contributed by atoms with Crippen molar-refractivity contribution in [3.05, 3.63) is 54.2 Å². The van der Waals surface area contributed by atoms with E-state index >= 15 is 0 Å². The summed E-state index contributed by atoms with van der Waals surface area (Å²) in [5.41, 5.74) is 4.22. The summed E-state index contributed by atoms with van der Waals surface area (Å²) in [5.74, 6) is 0.473. The molecular weight excluding hydrogens is 407 g/mol. The Morgan fingerprint density at radius 1 is 1.11 bits per heavy atom. The molecule has 1 fully saturated rings. The number of benzene rings is 2. The Bertz CT molecular complexity index is 959. The van der Waals surface area contributed by atoms with E-state index < -0.39 is 0 Å². The minimum atomic E-state index is 0. The third-order valence-electron chi connectivity index (χ3n) is 5.40. The molecule has 4 heteroatoms. The zero-order valence-corrected chi connectivity index (χ0v) is 18.9. The van der Waals surface area contributed by atoms with E-state index in [4.69, 9.17) is 4.99 Å². The first kappa shape index (κ1) is 20.3. The zero-order chi connectivity index (χ0) is 17.9. The van der Waals surface area contributed by atoms with Crippen LogP contribution in [0.2, 0.25) is 0 Å². The van der Waals surface area contributed by atoms with Gasteiger partial charge in [0.25, 0.3) is 0 Å². The number of hydrogen-bond acceptors (Lipinski definition) is 2. The number of nitrogens with zero attached hydrogens (tertiary/aromatic N) is 3. The second kappa shape index (κ2) is 9.16. The van der Waals surface area contributed by atoms with Gasteiger partial charge in [0.2, 0.25) is 0 Å². The van der Waals surface area contributed by atoms with Gasteiger partial charge in [-0.2, -0.15) is 16.6 Å². The van der Waals surface area contributed by atoms with Crippen molar-refractivity contribution in [2.45, 2.75) is 39.0 Å². The Morgan fingerprint density at radius 2 is 1.89 bits per heavy atom. The van der Waals surface area contributed by atoms with Crippen molar-refractivity contribution in [1.29, 1.82) is 0 Å². The van der Waals surface area contributed by atoms with Crippen LogP contribution >= 0.6 is 0 Å². The minimum Gasteiger partial charge on any atom is -0.487 e. The Hall–Kier alpha value is -1.45. The van der Waals surface area contributed by atoms with E-state index in [-0.39, 0.29) is 32.7 Å². The van der Waals surface area contributed by atoms with Gasteiger partial charge in [-0.25, -0.2) is 0 Å². The van der Waals surface area contributed by atoms with Gasteiger partial charge in [-0.15, -0.1) is 0 Å². The third-order valence-corrected chi connectivity index (χ3v) is 5.40. The maximum absolute atomic E-state index is 4.72. The summed E-state index contributed by atoms with van der Waals surface area (Å²) in [5, 5.41) is 6.92. The van der Waals surface area contributed by atoms with Gasteiger partial charge in [0.05, 0.1) is 0 Å². The Labute approximate surface area is 186 Å². The molecule has 0 N–H and O–H groups in total. The van der Waals surface area contributed by atoms with Crippen LogP contribution in [0.4, 0.5) is 5.69 Å². The molecule has 1 aliphatic carbocycles. The van der Waals surface area contributed by atoms with E-state index in [1.165, 1.54) is 48.4 Å². The van der Waals surface area contributed by atoms with Gasteiger partial charge in [0.15, 0.2) is 0 Å². The molecule has 1 heterocycles. The summed E-state index contributed by atoms with van der Waals surface area (Å²) in [6.07, 6.45) is 11.4. The van der Waals surface area contributed by atoms with E-state index in [0.717, 1.165) is 16.9 Å². The van der Waals surface area contributed by atoms with E-state index in [0.29, 0.717) is 5.92 Å². The third kappa shape index (κ3) is 4.35. The Balaban J connectivity index is 0.00000210. The van der Waals surface area contributed by atoms with E-state index in [1.807, 2.05) is 11.7 Å². The van der Waals surface area contributed by atoms with Gasteiger partial charge in [0, 0.05) is 38.4 Å². The molecular formula is C23H24N3Y-. The van der Waals surface area contributed by atoms with Crippen LogP contribution < -0.4 is 4.68 Å². The van der Waals surface area contributed by atoms with E-state index in [2.05, 4.69) is 60.7 Å². The van der Waals surface area contributed by atoms with Crippen LogP contribution in [-0.2, 0) is 39.8 Å². The molecule has 0 bridgehead atoms. The zero-order valence-electron chi connectivity index (χ0n) is 16.1. The molecule has 0 amide bonds. The first-order valence-electron chi connectivity index (χ1n) is 9.46. The largest absolute Gasteiger partial charge is 0.487 e. The van der Waals surface area contributed by atoms with Gasteiger partial charge in [-0.1, -0.05) is 74.4 Å².